The molecule has 0 saturated heterocycles. The van der Waals surface area contributed by atoms with Crippen LogP contribution < -0.4 is 0 Å². The van der Waals surface area contributed by atoms with E-state index < -0.39 is 0 Å². The van der Waals surface area contributed by atoms with Gasteiger partial charge >= 0.3 is 0 Å². The third-order valence-corrected chi connectivity index (χ3v) is 5.87. The summed E-state index contributed by atoms with van der Waals surface area (Å²) in [7, 11) is 0. The molecule has 5 heterocycles. The molecule has 0 fully saturated rings. The van der Waals surface area contributed by atoms with Crippen LogP contribution in [0.3, 0.4) is 0 Å². The number of hydrogen-bond acceptors (Lipinski definition) is 6. The number of rotatable bonds is 7. The van der Waals surface area contributed by atoms with E-state index in [0.29, 0.717) is 12.4 Å². The summed E-state index contributed by atoms with van der Waals surface area (Å²) in [5.41, 5.74) is 4.96. The Labute approximate surface area is 193 Å². The molecule has 5 rings (SSSR count). The van der Waals surface area contributed by atoms with Crippen LogP contribution in [0.5, 0.6) is 0 Å². The second kappa shape index (κ2) is 8.62. The molecule has 5 aromatic rings. The highest BCUT2D eigenvalue weighted by atomic mass is 79.9. The first kappa shape index (κ1) is 20.5. The molecular weight excluding hydrogens is 470 g/mol. The van der Waals surface area contributed by atoms with Gasteiger partial charge in [-0.15, -0.1) is 5.10 Å². The van der Waals surface area contributed by atoms with Crippen LogP contribution in [0.1, 0.15) is 36.7 Å². The fraction of sp³-hybridized carbons (Fsp3) is 0.273. The highest BCUT2D eigenvalue weighted by Crippen LogP contribution is 2.25. The molecule has 5 aromatic heterocycles. The van der Waals surface area contributed by atoms with Crippen molar-refractivity contribution in [1.82, 2.24) is 44.7 Å². The van der Waals surface area contributed by atoms with Gasteiger partial charge in [-0.2, -0.15) is 0 Å². The van der Waals surface area contributed by atoms with Gasteiger partial charge in [-0.3, -0.25) is 4.57 Å². The van der Waals surface area contributed by atoms with Crippen LogP contribution in [0.25, 0.3) is 28.5 Å². The van der Waals surface area contributed by atoms with E-state index >= 15 is 0 Å². The van der Waals surface area contributed by atoms with E-state index in [1.165, 1.54) is 0 Å². The molecule has 0 aliphatic rings. The molecule has 0 amide bonds. The van der Waals surface area contributed by atoms with E-state index in [-0.39, 0.29) is 0 Å². The Morgan fingerprint density at radius 3 is 2.81 bits per heavy atom. The molecule has 0 atom stereocenters. The van der Waals surface area contributed by atoms with Crippen LogP contribution in [0.2, 0.25) is 0 Å². The fourth-order valence-electron chi connectivity index (χ4n) is 3.78. The van der Waals surface area contributed by atoms with Crippen LogP contribution in [-0.4, -0.2) is 44.7 Å². The SMILES string of the molecule is CCCCc1nc2c(C)ccnc2n1Cc1ccc(-n2cc(Br)cc2-c2nnn[nH]2)nc1. The minimum absolute atomic E-state index is 0.577. The molecule has 9 nitrogen and oxygen atoms in total. The van der Waals surface area contributed by atoms with E-state index in [1.54, 1.807) is 0 Å². The van der Waals surface area contributed by atoms with Crippen molar-refractivity contribution in [2.24, 2.45) is 0 Å². The first-order chi connectivity index (χ1) is 15.6. The van der Waals surface area contributed by atoms with Crippen molar-refractivity contribution < 1.29 is 0 Å². The van der Waals surface area contributed by atoms with Gasteiger partial charge in [0.05, 0.1) is 12.2 Å². The second-order valence-corrected chi connectivity index (χ2v) is 8.62. The predicted octanol–water partition coefficient (Wildman–Crippen LogP) is 4.26. The Hall–Kier alpha value is -3.40. The number of hydrogen-bond donors (Lipinski definition) is 1. The van der Waals surface area contributed by atoms with Crippen LogP contribution in [0.4, 0.5) is 0 Å². The van der Waals surface area contributed by atoms with E-state index in [2.05, 4.69) is 66.0 Å². The van der Waals surface area contributed by atoms with Gasteiger partial charge in [0, 0.05) is 29.5 Å². The molecule has 10 heteroatoms. The number of fused-ring (bicyclic) bond motifs is 1. The van der Waals surface area contributed by atoms with Crippen molar-refractivity contribution in [3.63, 3.8) is 0 Å². The first-order valence-corrected chi connectivity index (χ1v) is 11.3. The Morgan fingerprint density at radius 2 is 2.06 bits per heavy atom. The second-order valence-electron chi connectivity index (χ2n) is 7.71. The third-order valence-electron chi connectivity index (χ3n) is 5.44. The maximum Gasteiger partial charge on any atom is 0.196 e. The largest absolute Gasteiger partial charge is 0.308 e. The topological polar surface area (TPSA) is 103 Å². The summed E-state index contributed by atoms with van der Waals surface area (Å²) in [6.45, 7) is 4.95. The Kier molecular flexibility index (Phi) is 5.52. The van der Waals surface area contributed by atoms with E-state index in [4.69, 9.17) is 9.97 Å². The van der Waals surface area contributed by atoms with Crippen molar-refractivity contribution in [2.45, 2.75) is 39.7 Å². The highest BCUT2D eigenvalue weighted by molar-refractivity contribution is 9.10. The molecular formula is C22H22BrN9. The number of nitrogens with zero attached hydrogens (tertiary/aromatic N) is 8. The minimum atomic E-state index is 0.577. The highest BCUT2D eigenvalue weighted by Gasteiger charge is 2.15. The molecule has 0 aromatic carbocycles. The molecule has 1 N–H and O–H groups in total. The van der Waals surface area contributed by atoms with E-state index in [0.717, 1.165) is 63.4 Å². The number of nitrogens with one attached hydrogen (secondary N) is 1. The first-order valence-electron chi connectivity index (χ1n) is 10.5. The fourth-order valence-corrected chi connectivity index (χ4v) is 4.20. The Morgan fingerprint density at radius 1 is 1.16 bits per heavy atom. The van der Waals surface area contributed by atoms with Gasteiger partial charge in [0.15, 0.2) is 11.5 Å². The maximum atomic E-state index is 4.90. The summed E-state index contributed by atoms with van der Waals surface area (Å²) in [5, 5.41) is 14.2. The summed E-state index contributed by atoms with van der Waals surface area (Å²) in [6, 6.07) is 8.04. The van der Waals surface area contributed by atoms with E-state index in [9.17, 15) is 0 Å². The van der Waals surface area contributed by atoms with Crippen LogP contribution in [-0.2, 0) is 13.0 Å². The number of unbranched alkanes of at least 4 members (excludes halogenated alkanes) is 1. The molecule has 0 spiro atoms. The number of pyridine rings is 2. The average Bonchev–Trinajstić information content (AvgIpc) is 3.53. The van der Waals surface area contributed by atoms with Gasteiger partial charge in [0.25, 0.3) is 0 Å². The van der Waals surface area contributed by atoms with Gasteiger partial charge in [0.2, 0.25) is 0 Å². The lowest BCUT2D eigenvalue weighted by Gasteiger charge is -2.10. The molecule has 0 saturated carbocycles. The zero-order valence-electron chi connectivity index (χ0n) is 17.8. The summed E-state index contributed by atoms with van der Waals surface area (Å²) in [4.78, 5) is 14.2. The van der Waals surface area contributed by atoms with Gasteiger partial charge in [0.1, 0.15) is 17.2 Å². The standard InChI is InChI=1S/C22H22BrN9/c1-3-4-5-19-26-20-14(2)8-9-24-22(20)32(19)12-15-6-7-18(25-11-15)31-13-16(23)10-17(31)21-27-29-30-28-21/h6-11,13H,3-5,12H2,1-2H3,(H,27,28,29,30). The molecule has 0 aliphatic heterocycles. The van der Waals surface area contributed by atoms with Crippen molar-refractivity contribution in [2.75, 3.05) is 0 Å². The molecule has 32 heavy (non-hydrogen) atoms. The zero-order chi connectivity index (χ0) is 22.1. The van der Waals surface area contributed by atoms with Crippen LogP contribution in [0, 0.1) is 6.92 Å². The number of H-pyrrole nitrogens is 1. The van der Waals surface area contributed by atoms with Crippen molar-refractivity contribution >= 4 is 27.1 Å². The van der Waals surface area contributed by atoms with Crippen molar-refractivity contribution in [3.05, 3.63) is 64.3 Å². The number of aromatic nitrogens is 9. The van der Waals surface area contributed by atoms with Gasteiger partial charge < -0.3 is 4.57 Å². The normalized spacial score (nSPS) is 11.5. The Balaban J connectivity index is 1.48. The van der Waals surface area contributed by atoms with Crippen molar-refractivity contribution in [1.29, 1.82) is 0 Å². The number of aromatic amines is 1. The lowest BCUT2D eigenvalue weighted by Crippen LogP contribution is -2.07. The van der Waals surface area contributed by atoms with Gasteiger partial charge in [-0.1, -0.05) is 19.4 Å². The van der Waals surface area contributed by atoms with E-state index in [1.807, 2.05) is 41.4 Å². The zero-order valence-corrected chi connectivity index (χ0v) is 19.4. The quantitative estimate of drug-likeness (QED) is 0.364. The monoisotopic (exact) mass is 491 g/mol. The van der Waals surface area contributed by atoms with Gasteiger partial charge in [-0.05, 0) is 69.0 Å². The smallest absolute Gasteiger partial charge is 0.196 e. The Bertz CT molecular complexity index is 1350. The summed E-state index contributed by atoms with van der Waals surface area (Å²) in [6.07, 6.45) is 8.85. The third kappa shape index (κ3) is 3.81. The van der Waals surface area contributed by atoms with Crippen LogP contribution in [0.15, 0.2) is 47.3 Å². The van der Waals surface area contributed by atoms with Crippen molar-refractivity contribution in [3.8, 4) is 17.3 Å². The number of halogens is 1. The van der Waals surface area contributed by atoms with Gasteiger partial charge in [-0.25, -0.2) is 20.1 Å². The molecule has 0 bridgehead atoms. The number of tetrazole rings is 1. The number of aryl methyl sites for hydroxylation is 2. The molecule has 162 valence electrons. The lowest BCUT2D eigenvalue weighted by atomic mass is 10.2. The molecule has 0 unspecified atom stereocenters. The molecule has 0 aliphatic carbocycles. The molecule has 0 radical (unpaired) electrons. The maximum absolute atomic E-state index is 4.90. The predicted molar refractivity (Wildman–Crippen MR) is 124 cm³/mol. The minimum Gasteiger partial charge on any atom is -0.308 e. The van der Waals surface area contributed by atoms with Crippen LogP contribution >= 0.6 is 15.9 Å². The number of imidazole rings is 1. The summed E-state index contributed by atoms with van der Waals surface area (Å²) < 4.78 is 5.08. The lowest BCUT2D eigenvalue weighted by molar-refractivity contribution is 0.685. The average molecular weight is 492 g/mol. The summed E-state index contributed by atoms with van der Waals surface area (Å²) >= 11 is 3.53. The summed E-state index contributed by atoms with van der Waals surface area (Å²) in [5.74, 6) is 2.43.